The van der Waals surface area contributed by atoms with E-state index in [0.29, 0.717) is 0 Å². The Hall–Kier alpha value is -1.29. The van der Waals surface area contributed by atoms with E-state index in [1.54, 1.807) is 19.2 Å². The molecule has 0 radical (unpaired) electrons. The van der Waals surface area contributed by atoms with Crippen LogP contribution in [-0.2, 0) is 4.74 Å². The van der Waals surface area contributed by atoms with Crippen LogP contribution in [-0.4, -0.2) is 25.9 Å². The Labute approximate surface area is 108 Å². The van der Waals surface area contributed by atoms with Crippen molar-refractivity contribution in [3.05, 3.63) is 24.0 Å². The summed E-state index contributed by atoms with van der Waals surface area (Å²) in [5, 5.41) is 3.25. The zero-order valence-corrected chi connectivity index (χ0v) is 11.7. The Balaban J connectivity index is 2.65. The summed E-state index contributed by atoms with van der Waals surface area (Å²) in [6, 6.07) is 5.05. The smallest absolute Gasteiger partial charge is 0.167 e. The van der Waals surface area contributed by atoms with Crippen molar-refractivity contribution in [3.63, 3.8) is 0 Å². The van der Waals surface area contributed by atoms with Crippen LogP contribution < -0.4 is 10.1 Å². The van der Waals surface area contributed by atoms with Gasteiger partial charge in [-0.15, -0.1) is 0 Å². The number of benzene rings is 1. The zero-order valence-electron chi connectivity index (χ0n) is 11.7. The average molecular weight is 255 g/mol. The molecule has 0 fully saturated rings. The second kappa shape index (κ2) is 6.05. The topological polar surface area (TPSA) is 30.5 Å². The highest BCUT2D eigenvalue weighted by molar-refractivity contribution is 5.47. The molecule has 0 aliphatic heterocycles. The molecule has 1 atom stereocenters. The second-order valence-corrected chi connectivity index (χ2v) is 5.06. The third-order valence-corrected chi connectivity index (χ3v) is 2.92. The zero-order chi connectivity index (χ0) is 13.8. The first-order chi connectivity index (χ1) is 8.38. The maximum absolute atomic E-state index is 13.5. The van der Waals surface area contributed by atoms with E-state index in [-0.39, 0.29) is 23.2 Å². The van der Waals surface area contributed by atoms with E-state index in [1.807, 2.05) is 20.8 Å². The van der Waals surface area contributed by atoms with Crippen LogP contribution in [0.15, 0.2) is 18.2 Å². The number of rotatable bonds is 6. The summed E-state index contributed by atoms with van der Waals surface area (Å²) < 4.78 is 23.8. The molecule has 0 heterocycles. The Morgan fingerprint density at radius 1 is 1.33 bits per heavy atom. The number of ether oxygens (including phenoxy) is 2. The van der Waals surface area contributed by atoms with Crippen LogP contribution in [0.25, 0.3) is 0 Å². The first-order valence-corrected chi connectivity index (χ1v) is 6.03. The van der Waals surface area contributed by atoms with Gasteiger partial charge in [0.1, 0.15) is 0 Å². The molecule has 1 unspecified atom stereocenters. The normalized spacial score (nSPS) is 13.2. The number of methoxy groups -OCH3 is 2. The van der Waals surface area contributed by atoms with Gasteiger partial charge in [0, 0.05) is 24.9 Å². The molecule has 1 N–H and O–H groups in total. The van der Waals surface area contributed by atoms with E-state index in [2.05, 4.69) is 5.32 Å². The van der Waals surface area contributed by atoms with Crippen molar-refractivity contribution in [2.45, 2.75) is 38.8 Å². The number of halogens is 1. The maximum Gasteiger partial charge on any atom is 0.167 e. The third-order valence-electron chi connectivity index (χ3n) is 2.92. The minimum absolute atomic E-state index is 0.188. The van der Waals surface area contributed by atoms with E-state index < -0.39 is 0 Å². The Morgan fingerprint density at radius 3 is 2.50 bits per heavy atom. The van der Waals surface area contributed by atoms with Crippen LogP contribution in [0.5, 0.6) is 5.75 Å². The molecule has 1 aromatic rings. The molecule has 0 saturated heterocycles. The lowest BCUT2D eigenvalue weighted by molar-refractivity contribution is 0.0128. The van der Waals surface area contributed by atoms with Crippen molar-refractivity contribution in [2.24, 2.45) is 0 Å². The summed E-state index contributed by atoms with van der Waals surface area (Å²) in [5.41, 5.74) is 0.546. The maximum atomic E-state index is 13.5. The van der Waals surface area contributed by atoms with Crippen molar-refractivity contribution >= 4 is 5.69 Å². The molecule has 0 aliphatic rings. The molecule has 0 amide bonds. The molecule has 18 heavy (non-hydrogen) atoms. The summed E-state index contributed by atoms with van der Waals surface area (Å²) >= 11 is 0. The van der Waals surface area contributed by atoms with Crippen molar-refractivity contribution in [3.8, 4) is 5.75 Å². The van der Waals surface area contributed by atoms with Gasteiger partial charge in [-0.05, 0) is 39.3 Å². The molecule has 0 saturated carbocycles. The Morgan fingerprint density at radius 2 is 2.00 bits per heavy atom. The summed E-state index contributed by atoms with van der Waals surface area (Å²) in [6.45, 7) is 6.10. The van der Waals surface area contributed by atoms with Crippen molar-refractivity contribution in [1.82, 2.24) is 0 Å². The van der Waals surface area contributed by atoms with Gasteiger partial charge in [0.05, 0.1) is 12.7 Å². The summed E-state index contributed by atoms with van der Waals surface area (Å²) in [4.78, 5) is 0. The number of hydrogen-bond donors (Lipinski definition) is 1. The minimum atomic E-state index is -0.360. The largest absolute Gasteiger partial charge is 0.494 e. The quantitative estimate of drug-likeness (QED) is 0.844. The van der Waals surface area contributed by atoms with E-state index in [9.17, 15) is 4.39 Å². The van der Waals surface area contributed by atoms with Gasteiger partial charge in [-0.2, -0.15) is 0 Å². The number of anilines is 1. The predicted octanol–water partition coefficient (Wildman–Crippen LogP) is 3.45. The summed E-state index contributed by atoms with van der Waals surface area (Å²) in [6.07, 6.45) is 0.831. The number of nitrogens with one attached hydrogen (secondary N) is 1. The molecular weight excluding hydrogens is 233 g/mol. The first kappa shape index (κ1) is 14.8. The van der Waals surface area contributed by atoms with Crippen LogP contribution in [0.2, 0.25) is 0 Å². The van der Waals surface area contributed by atoms with Crippen LogP contribution >= 0.6 is 0 Å². The molecule has 0 aromatic heterocycles. The van der Waals surface area contributed by atoms with Gasteiger partial charge in [-0.3, -0.25) is 0 Å². The van der Waals surface area contributed by atoms with Crippen LogP contribution in [0.1, 0.15) is 27.2 Å². The van der Waals surface area contributed by atoms with Gasteiger partial charge >= 0.3 is 0 Å². The highest BCUT2D eigenvalue weighted by atomic mass is 19.1. The van der Waals surface area contributed by atoms with Gasteiger partial charge in [0.2, 0.25) is 0 Å². The van der Waals surface area contributed by atoms with E-state index in [1.165, 1.54) is 13.2 Å². The summed E-state index contributed by atoms with van der Waals surface area (Å²) in [5.74, 6) is -0.105. The van der Waals surface area contributed by atoms with E-state index in [0.717, 1.165) is 12.1 Å². The van der Waals surface area contributed by atoms with Crippen LogP contribution in [0, 0.1) is 5.82 Å². The summed E-state index contributed by atoms with van der Waals surface area (Å²) in [7, 11) is 3.15. The fourth-order valence-electron chi connectivity index (χ4n) is 1.91. The van der Waals surface area contributed by atoms with Crippen molar-refractivity contribution in [2.75, 3.05) is 19.5 Å². The second-order valence-electron chi connectivity index (χ2n) is 5.06. The van der Waals surface area contributed by atoms with Crippen molar-refractivity contribution < 1.29 is 13.9 Å². The van der Waals surface area contributed by atoms with Gasteiger partial charge in [0.25, 0.3) is 0 Å². The lowest BCUT2D eigenvalue weighted by atomic mass is 10.00. The minimum Gasteiger partial charge on any atom is -0.494 e. The predicted molar refractivity (Wildman–Crippen MR) is 71.7 cm³/mol. The lowest BCUT2D eigenvalue weighted by Gasteiger charge is -2.27. The standard InChI is InChI=1S/C14H22FNO2/c1-10(9-14(2,3)18-5)16-11-6-7-13(17-4)12(15)8-11/h6-8,10,16H,9H2,1-5H3. The Kier molecular flexibility index (Phi) is 4.96. The molecule has 4 heteroatoms. The highest BCUT2D eigenvalue weighted by Crippen LogP contribution is 2.23. The number of hydrogen-bond acceptors (Lipinski definition) is 3. The molecule has 102 valence electrons. The lowest BCUT2D eigenvalue weighted by Crippen LogP contribution is -2.31. The van der Waals surface area contributed by atoms with Gasteiger partial charge in [-0.25, -0.2) is 4.39 Å². The SMILES string of the molecule is COc1ccc(NC(C)CC(C)(C)OC)cc1F. The monoisotopic (exact) mass is 255 g/mol. The molecule has 3 nitrogen and oxygen atoms in total. The molecular formula is C14H22FNO2. The fraction of sp³-hybridized carbons (Fsp3) is 0.571. The third kappa shape index (κ3) is 4.18. The molecule has 0 spiro atoms. The van der Waals surface area contributed by atoms with Crippen LogP contribution in [0.4, 0.5) is 10.1 Å². The highest BCUT2D eigenvalue weighted by Gasteiger charge is 2.20. The fourth-order valence-corrected chi connectivity index (χ4v) is 1.91. The van der Waals surface area contributed by atoms with Gasteiger partial charge in [-0.1, -0.05) is 0 Å². The Bertz CT molecular complexity index is 393. The molecule has 0 bridgehead atoms. The van der Waals surface area contributed by atoms with Gasteiger partial charge in [0.15, 0.2) is 11.6 Å². The molecule has 1 rings (SSSR count). The first-order valence-electron chi connectivity index (χ1n) is 6.03. The van der Waals surface area contributed by atoms with E-state index in [4.69, 9.17) is 9.47 Å². The van der Waals surface area contributed by atoms with E-state index >= 15 is 0 Å². The molecule has 0 aliphatic carbocycles. The van der Waals surface area contributed by atoms with Crippen molar-refractivity contribution in [1.29, 1.82) is 0 Å². The van der Waals surface area contributed by atoms with Crippen LogP contribution in [0.3, 0.4) is 0 Å². The molecule has 1 aromatic carbocycles. The average Bonchev–Trinajstić information content (AvgIpc) is 2.28. The van der Waals surface area contributed by atoms with Gasteiger partial charge < -0.3 is 14.8 Å².